The van der Waals surface area contributed by atoms with Crippen molar-refractivity contribution in [3.63, 3.8) is 0 Å². The number of aromatic nitrogens is 1. The number of nitrogens with zero attached hydrogens (tertiary/aromatic N) is 2. The quantitative estimate of drug-likeness (QED) is 0.199. The minimum Gasteiger partial charge on any atom is -0.469 e. The second kappa shape index (κ2) is 15.7. The Balaban J connectivity index is 2.23. The van der Waals surface area contributed by atoms with E-state index in [1.54, 1.807) is 13.1 Å². The number of pyridine rings is 1. The molecule has 1 unspecified atom stereocenters. The first-order valence-electron chi connectivity index (χ1n) is 16.0. The van der Waals surface area contributed by atoms with Crippen LogP contribution in [-0.2, 0) is 20.7 Å². The van der Waals surface area contributed by atoms with Crippen LogP contribution in [0.3, 0.4) is 0 Å². The molecule has 9 heteroatoms. The van der Waals surface area contributed by atoms with E-state index in [1.165, 1.54) is 23.8 Å². The third kappa shape index (κ3) is 8.83. The molecule has 7 nitrogen and oxygen atoms in total. The second-order valence-corrected chi connectivity index (χ2v) is 13.3. The number of hydrogen-bond donors (Lipinski definition) is 1. The van der Waals surface area contributed by atoms with Crippen LogP contribution in [0.5, 0.6) is 0 Å². The van der Waals surface area contributed by atoms with E-state index in [0.717, 1.165) is 39.0 Å². The minimum atomic E-state index is -1.05. The Kier molecular flexibility index (Phi) is 12.4. The number of halogens is 2. The number of esters is 1. The number of ether oxygens (including phenoxy) is 1. The minimum absolute atomic E-state index is 0.0210. The Labute approximate surface area is 277 Å². The van der Waals surface area contributed by atoms with Crippen molar-refractivity contribution < 1.29 is 23.1 Å². The van der Waals surface area contributed by atoms with Gasteiger partial charge >= 0.3 is 5.97 Å². The number of methoxy groups -OCH3 is 1. The van der Waals surface area contributed by atoms with E-state index in [2.05, 4.69) is 11.9 Å². The highest BCUT2D eigenvalue weighted by molar-refractivity contribution is 5.83. The lowest BCUT2D eigenvalue weighted by Crippen LogP contribution is -2.41. The van der Waals surface area contributed by atoms with Crippen LogP contribution in [-0.4, -0.2) is 49.1 Å². The number of nitrogens with one attached hydrogen (secondary N) is 1. The molecule has 0 aliphatic carbocycles. The summed E-state index contributed by atoms with van der Waals surface area (Å²) in [4.78, 5) is 42.4. The van der Waals surface area contributed by atoms with Crippen molar-refractivity contribution in [2.45, 2.75) is 79.8 Å². The van der Waals surface area contributed by atoms with E-state index in [9.17, 15) is 18.8 Å². The summed E-state index contributed by atoms with van der Waals surface area (Å²) in [7, 11) is 5.10. The summed E-state index contributed by atoms with van der Waals surface area (Å²) in [5, 5.41) is 3.04. The van der Waals surface area contributed by atoms with Gasteiger partial charge in [0.25, 0.3) is 5.56 Å². The van der Waals surface area contributed by atoms with Crippen molar-refractivity contribution in [1.82, 2.24) is 14.8 Å². The molecular formula is C38H49F2N3O4. The Morgan fingerprint density at radius 2 is 1.64 bits per heavy atom. The Morgan fingerprint density at radius 1 is 1.02 bits per heavy atom. The molecule has 0 fully saturated rings. The maximum atomic E-state index is 15.4. The van der Waals surface area contributed by atoms with Crippen LogP contribution in [0.15, 0.2) is 41.8 Å². The van der Waals surface area contributed by atoms with Gasteiger partial charge in [0.05, 0.1) is 19.6 Å². The zero-order valence-corrected chi connectivity index (χ0v) is 29.4. The smallest absolute Gasteiger partial charge is 0.307 e. The topological polar surface area (TPSA) is 80.6 Å². The summed E-state index contributed by atoms with van der Waals surface area (Å²) >= 11 is 0. The molecule has 0 saturated carbocycles. The maximum Gasteiger partial charge on any atom is 0.307 e. The summed E-state index contributed by atoms with van der Waals surface area (Å²) < 4.78 is 35.9. The lowest BCUT2D eigenvalue weighted by atomic mass is 9.85. The molecule has 0 aliphatic rings. The fraction of sp³-hybridized carbons (Fsp3) is 0.447. The standard InChI is InChI=1S/C38H49F2N3O4/c1-21(2)14-32(43-20-27(12-13-42(9)10)26(8)36(40)38(43)46)37(45)41-31(19-33(44)47-11)30-18-28(15-23(5)34(30)22(3)4)35-24(6)16-29(39)17-25(35)7/h15-18,20-21,31-32H,3,12-14,19H2,1-2,4-11H3,(H,41,45)/t31-,32?/m0/s1. The molecule has 0 spiro atoms. The van der Waals surface area contributed by atoms with Gasteiger partial charge in [0.1, 0.15) is 11.9 Å². The van der Waals surface area contributed by atoms with Gasteiger partial charge in [0, 0.05) is 12.7 Å². The number of amides is 1. The van der Waals surface area contributed by atoms with E-state index >= 15 is 4.39 Å². The fourth-order valence-corrected chi connectivity index (χ4v) is 6.30. The third-order valence-electron chi connectivity index (χ3n) is 8.56. The molecule has 0 saturated heterocycles. The Bertz CT molecular complexity index is 1700. The first kappa shape index (κ1) is 37.3. The van der Waals surface area contributed by atoms with Crippen LogP contribution in [0, 0.1) is 45.2 Å². The number of benzene rings is 2. The number of hydrogen-bond acceptors (Lipinski definition) is 5. The average Bonchev–Trinajstić information content (AvgIpc) is 2.96. The van der Waals surface area contributed by atoms with Crippen molar-refractivity contribution in [3.05, 3.63) is 98.0 Å². The molecule has 1 aromatic heterocycles. The molecule has 1 amide bonds. The summed E-state index contributed by atoms with van der Waals surface area (Å²) in [6, 6.07) is 4.90. The first-order chi connectivity index (χ1) is 22.0. The van der Waals surface area contributed by atoms with Gasteiger partial charge in [0.15, 0.2) is 5.82 Å². The third-order valence-corrected chi connectivity index (χ3v) is 8.56. The van der Waals surface area contributed by atoms with Crippen LogP contribution >= 0.6 is 0 Å². The highest BCUT2D eigenvalue weighted by Crippen LogP contribution is 2.37. The van der Waals surface area contributed by atoms with Crippen LogP contribution in [0.2, 0.25) is 0 Å². The van der Waals surface area contributed by atoms with Gasteiger partial charge in [-0.15, -0.1) is 0 Å². The van der Waals surface area contributed by atoms with Gasteiger partial charge in [0.2, 0.25) is 5.91 Å². The highest BCUT2D eigenvalue weighted by Gasteiger charge is 2.30. The van der Waals surface area contributed by atoms with Gasteiger partial charge in [-0.05, 0) is 136 Å². The molecule has 0 radical (unpaired) electrons. The molecule has 47 heavy (non-hydrogen) atoms. The van der Waals surface area contributed by atoms with Crippen molar-refractivity contribution in [2.75, 3.05) is 27.7 Å². The monoisotopic (exact) mass is 649 g/mol. The number of carbonyl (C=O) groups excluding carboxylic acids is 2. The summed E-state index contributed by atoms with van der Waals surface area (Å²) in [5.74, 6) is -2.32. The van der Waals surface area contributed by atoms with E-state index in [4.69, 9.17) is 4.74 Å². The van der Waals surface area contributed by atoms with Crippen LogP contribution in [0.1, 0.15) is 84.6 Å². The molecule has 3 rings (SSSR count). The van der Waals surface area contributed by atoms with E-state index < -0.39 is 35.3 Å². The predicted octanol–water partition coefficient (Wildman–Crippen LogP) is 7.17. The van der Waals surface area contributed by atoms with E-state index in [0.29, 0.717) is 24.1 Å². The first-order valence-corrected chi connectivity index (χ1v) is 16.0. The molecule has 254 valence electrons. The summed E-state index contributed by atoms with van der Waals surface area (Å²) in [5.41, 5.74) is 6.15. The zero-order chi connectivity index (χ0) is 35.3. The number of aryl methyl sites for hydroxylation is 3. The lowest BCUT2D eigenvalue weighted by molar-refractivity contribution is -0.141. The molecule has 1 heterocycles. The molecule has 0 aliphatic heterocycles. The Morgan fingerprint density at radius 3 is 2.17 bits per heavy atom. The van der Waals surface area contributed by atoms with Gasteiger partial charge < -0.3 is 19.5 Å². The van der Waals surface area contributed by atoms with Gasteiger partial charge in [-0.1, -0.05) is 32.1 Å². The molecule has 3 aromatic rings. The zero-order valence-electron chi connectivity index (χ0n) is 29.4. The van der Waals surface area contributed by atoms with Crippen molar-refractivity contribution in [2.24, 2.45) is 5.92 Å². The van der Waals surface area contributed by atoms with Gasteiger partial charge in [-0.3, -0.25) is 14.4 Å². The van der Waals surface area contributed by atoms with Crippen LogP contribution < -0.4 is 10.9 Å². The van der Waals surface area contributed by atoms with Crippen LogP contribution in [0.25, 0.3) is 16.7 Å². The number of carbonyl (C=O) groups is 2. The SMILES string of the molecule is C=C(C)c1c(C)cc(-c2c(C)cc(F)cc2C)cc1[C@H](CC(=O)OC)NC(=O)C(CC(C)C)n1cc(CCN(C)C)c(C)c(F)c1=O. The average molecular weight is 650 g/mol. The van der Waals surface area contributed by atoms with Crippen molar-refractivity contribution >= 4 is 17.4 Å². The summed E-state index contributed by atoms with van der Waals surface area (Å²) in [6.45, 7) is 17.7. The maximum absolute atomic E-state index is 15.4. The van der Waals surface area contributed by atoms with Crippen LogP contribution in [0.4, 0.5) is 8.78 Å². The second-order valence-electron chi connectivity index (χ2n) is 13.3. The molecule has 2 atom stereocenters. The molecule has 1 N–H and O–H groups in total. The van der Waals surface area contributed by atoms with E-state index in [-0.39, 0.29) is 30.1 Å². The largest absolute Gasteiger partial charge is 0.469 e. The highest BCUT2D eigenvalue weighted by atomic mass is 19.1. The van der Waals surface area contributed by atoms with E-state index in [1.807, 2.05) is 72.7 Å². The van der Waals surface area contributed by atoms with Gasteiger partial charge in [-0.25, -0.2) is 8.78 Å². The molecule has 0 bridgehead atoms. The normalized spacial score (nSPS) is 12.7. The number of allylic oxidation sites excluding steroid dienone is 1. The summed E-state index contributed by atoms with van der Waals surface area (Å²) in [6.07, 6.45) is 2.14. The fourth-order valence-electron chi connectivity index (χ4n) is 6.30. The van der Waals surface area contributed by atoms with Gasteiger partial charge in [-0.2, -0.15) is 0 Å². The van der Waals surface area contributed by atoms with Crippen molar-refractivity contribution in [1.29, 1.82) is 0 Å². The number of likely N-dealkylation sites (N-methyl/N-ethyl adjacent to an activating group) is 1. The number of rotatable bonds is 13. The molecular weight excluding hydrogens is 600 g/mol. The molecule has 2 aromatic carbocycles. The lowest BCUT2D eigenvalue weighted by Gasteiger charge is -2.28. The van der Waals surface area contributed by atoms with Crippen molar-refractivity contribution in [3.8, 4) is 11.1 Å². The Hall–Kier alpha value is -4.11. The predicted molar refractivity (Wildman–Crippen MR) is 184 cm³/mol.